The lowest BCUT2D eigenvalue weighted by atomic mass is 10.0. The van der Waals surface area contributed by atoms with Crippen LogP contribution in [0.4, 0.5) is 0 Å². The van der Waals surface area contributed by atoms with Crippen molar-refractivity contribution in [3.05, 3.63) is 357 Å². The van der Waals surface area contributed by atoms with Crippen LogP contribution in [0.25, 0.3) is 162 Å². The van der Waals surface area contributed by atoms with Crippen molar-refractivity contribution in [1.82, 2.24) is 49.4 Å². The summed E-state index contributed by atoms with van der Waals surface area (Å²) in [6, 6.07) is 106. The molecule has 10 nitrogen and oxygen atoms in total. The SMILES string of the molecule is CCCCCCCCCCCCc1cc(-c2ccc(-c3nc(-c4ccccc4)nc(-c4ccc(C)cc4)n3)cc2)sc1C.CCCCCCCCCCCCc1ccc(-c2nc(-c3ccc(C)cc3)nc(-c3ccc(-c4ccc5c6ccc(C)cc6n(-c6ccc(CCCCCCCCCCCC)cc6)c5c4)cc3)n2)cc1.Cc1ccc(-c2nc(-c3ccccc3)nc(-c3ccc(-c4sc(C)c(C)c4C)cc3)n2)cc1. The Morgan fingerprint density at radius 2 is 0.483 bits per heavy atom. The van der Waals surface area contributed by atoms with Crippen molar-refractivity contribution in [2.75, 3.05) is 0 Å². The molecule has 0 bridgehead atoms. The fraction of sp³-hybridized carbons (Fsp3) is 0.331. The molecule has 0 aliphatic carbocycles. The minimum absolute atomic E-state index is 0.680. The first-order valence-corrected chi connectivity index (χ1v) is 56.0. The van der Waals surface area contributed by atoms with E-state index in [0.29, 0.717) is 52.4 Å². The van der Waals surface area contributed by atoms with E-state index in [0.717, 1.165) is 68.5 Å². The number of nitrogens with zero attached hydrogens (tertiary/aromatic N) is 10. The molecule has 0 aliphatic heterocycles. The Balaban J connectivity index is 0.000000169. The molecule has 12 heteroatoms. The van der Waals surface area contributed by atoms with Gasteiger partial charge in [0, 0.05) is 86.0 Å². The molecule has 0 unspecified atom stereocenters. The Morgan fingerprint density at radius 1 is 0.207 bits per heavy atom. The molecule has 0 fully saturated rings. The number of fused-ring (bicyclic) bond motifs is 3. The Kier molecular flexibility index (Phi) is 38.7. The molecule has 0 amide bonds. The standard InChI is InChI=1S/C65H78N4.C39H45N3S.C29H25N3S/c1-5-7-9-11-13-15-17-19-21-23-25-51-30-36-55(37-31-51)64-66-63(54-34-27-49(3)28-35-54)67-65(68-64)56-40-38-53(39-41-56)57-42-46-60-59-45-29-50(4)47-61(59)69(62(60)48-57)58-43-32-52(33-44-58)26-24-22-20-18-16-14-12-10-8-6-2;1-4-5-6-7-8-9-10-11-12-14-19-35-28-36(43-30(35)3)31-24-26-34(27-25-31)39-41-37(32-17-15-13-16-18-32)40-38(42-39)33-22-20-29(2)21-23-33;1-18-10-12-24(13-11-18)28-30-27(23-8-6-5-7-9-23)31-29(32-28)25-16-14-22(15-17-25)26-20(3)19(2)21(4)33-26/h27-48H,5-26H2,1-4H3;13,15-18,20-28H,4-12,14,19H2,1-3H3;5-17H,1-4H3. The lowest BCUT2D eigenvalue weighted by molar-refractivity contribution is 0.556. The molecule has 0 N–H and O–H groups in total. The predicted octanol–water partition coefficient (Wildman–Crippen LogP) is 38.7. The van der Waals surface area contributed by atoms with Crippen LogP contribution in [0, 0.1) is 55.4 Å². The summed E-state index contributed by atoms with van der Waals surface area (Å²) < 4.78 is 2.46. The van der Waals surface area contributed by atoms with Crippen molar-refractivity contribution in [1.29, 1.82) is 0 Å². The molecule has 0 saturated carbocycles. The highest BCUT2D eigenvalue weighted by Gasteiger charge is 2.22. The van der Waals surface area contributed by atoms with Crippen molar-refractivity contribution < 1.29 is 0 Å². The monoisotopic (exact) mass is 1950 g/mol. The number of rotatable bonds is 46. The maximum atomic E-state index is 5.12. The highest BCUT2D eigenvalue weighted by Crippen LogP contribution is 2.41. The first-order chi connectivity index (χ1) is 71.1. The van der Waals surface area contributed by atoms with Crippen LogP contribution in [0.1, 0.15) is 273 Å². The largest absolute Gasteiger partial charge is 0.309 e. The average Bonchev–Trinajstić information content (AvgIpc) is 1.55. The summed E-state index contributed by atoms with van der Waals surface area (Å²) in [7, 11) is 0. The predicted molar refractivity (Wildman–Crippen MR) is 619 cm³/mol. The second-order valence-electron chi connectivity index (χ2n) is 40.2. The lowest BCUT2D eigenvalue weighted by Crippen LogP contribution is -2.00. The third-order valence-electron chi connectivity index (χ3n) is 28.7. The van der Waals surface area contributed by atoms with Crippen LogP contribution in [0.5, 0.6) is 0 Å². The molecular weight excluding hydrogens is 1800 g/mol. The molecule has 12 aromatic carbocycles. The minimum Gasteiger partial charge on any atom is -0.309 e. The summed E-state index contributed by atoms with van der Waals surface area (Å²) in [4.78, 5) is 49.9. The first kappa shape index (κ1) is 105. The van der Waals surface area contributed by atoms with Gasteiger partial charge in [-0.2, -0.15) is 0 Å². The van der Waals surface area contributed by atoms with E-state index in [9.17, 15) is 0 Å². The van der Waals surface area contributed by atoms with Crippen molar-refractivity contribution >= 4 is 44.5 Å². The van der Waals surface area contributed by atoms with Gasteiger partial charge in [0.1, 0.15) is 0 Å². The summed E-state index contributed by atoms with van der Waals surface area (Å²) in [5.41, 5.74) is 29.4. The summed E-state index contributed by atoms with van der Waals surface area (Å²) in [6.45, 7) is 24.2. The molecule has 6 aromatic heterocycles. The summed E-state index contributed by atoms with van der Waals surface area (Å²) in [5, 5.41) is 2.55. The van der Waals surface area contributed by atoms with Crippen LogP contribution in [0.15, 0.2) is 297 Å². The van der Waals surface area contributed by atoms with E-state index in [-0.39, 0.29) is 0 Å². The van der Waals surface area contributed by atoms with Crippen molar-refractivity contribution in [3.8, 4) is 140 Å². The van der Waals surface area contributed by atoms with E-state index in [1.54, 1.807) is 0 Å². The van der Waals surface area contributed by atoms with Gasteiger partial charge in [0.15, 0.2) is 52.4 Å². The molecule has 0 atom stereocenters. The van der Waals surface area contributed by atoms with Gasteiger partial charge in [0.05, 0.1) is 11.0 Å². The normalized spacial score (nSPS) is 11.4. The lowest BCUT2D eigenvalue weighted by Gasteiger charge is -2.11. The fourth-order valence-corrected chi connectivity index (χ4v) is 21.8. The van der Waals surface area contributed by atoms with Gasteiger partial charge in [-0.25, -0.2) is 44.9 Å². The number of aromatic nitrogens is 10. The smallest absolute Gasteiger partial charge is 0.164 e. The zero-order valence-electron chi connectivity index (χ0n) is 87.9. The van der Waals surface area contributed by atoms with Crippen molar-refractivity contribution in [2.45, 2.75) is 288 Å². The summed E-state index contributed by atoms with van der Waals surface area (Å²) >= 11 is 3.76. The van der Waals surface area contributed by atoms with E-state index < -0.39 is 0 Å². The Bertz CT molecular complexity index is 7080. The number of thiophene rings is 2. The average molecular weight is 1950 g/mol. The van der Waals surface area contributed by atoms with Gasteiger partial charge in [-0.05, 0) is 180 Å². The third-order valence-corrected chi connectivity index (χ3v) is 31.2. The molecular formula is C133H148N10S2. The number of benzene rings is 12. The molecule has 0 aliphatic rings. The second-order valence-corrected chi connectivity index (χ2v) is 42.6. The van der Waals surface area contributed by atoms with Gasteiger partial charge < -0.3 is 4.57 Å². The Labute approximate surface area is 872 Å². The zero-order valence-corrected chi connectivity index (χ0v) is 89.5. The van der Waals surface area contributed by atoms with Crippen LogP contribution in [0.3, 0.4) is 0 Å². The quantitative estimate of drug-likeness (QED) is 0.0343. The molecule has 145 heavy (non-hydrogen) atoms. The van der Waals surface area contributed by atoms with Crippen molar-refractivity contribution in [2.24, 2.45) is 0 Å². The minimum atomic E-state index is 0.680. The van der Waals surface area contributed by atoms with E-state index in [1.807, 2.05) is 83.3 Å². The second kappa shape index (κ2) is 53.6. The first-order valence-electron chi connectivity index (χ1n) is 54.4. The van der Waals surface area contributed by atoms with Gasteiger partial charge >= 0.3 is 0 Å². The van der Waals surface area contributed by atoms with Gasteiger partial charge in [0.2, 0.25) is 0 Å². The van der Waals surface area contributed by atoms with E-state index in [2.05, 4.69) is 317 Å². The van der Waals surface area contributed by atoms with Crippen molar-refractivity contribution in [3.63, 3.8) is 0 Å². The van der Waals surface area contributed by atoms with Gasteiger partial charge in [-0.1, -0.05) is 478 Å². The number of hydrogen-bond acceptors (Lipinski definition) is 11. The van der Waals surface area contributed by atoms with E-state index in [4.69, 9.17) is 44.9 Å². The summed E-state index contributed by atoms with van der Waals surface area (Å²) in [6.07, 6.45) is 44.5. The third kappa shape index (κ3) is 29.2. The Hall–Kier alpha value is -13.1. The summed E-state index contributed by atoms with van der Waals surface area (Å²) in [5.74, 6) is 6.19. The zero-order chi connectivity index (χ0) is 100. The van der Waals surface area contributed by atoms with Crippen LogP contribution >= 0.6 is 22.7 Å². The molecule has 0 radical (unpaired) electrons. The topological polar surface area (TPSA) is 121 Å². The van der Waals surface area contributed by atoms with E-state index >= 15 is 0 Å². The molecule has 742 valence electrons. The highest BCUT2D eigenvalue weighted by molar-refractivity contribution is 7.16. The maximum absolute atomic E-state index is 5.12. The molecule has 0 saturated heterocycles. The van der Waals surface area contributed by atoms with Crippen LogP contribution in [0.2, 0.25) is 0 Å². The molecule has 18 aromatic rings. The molecule has 6 heterocycles. The highest BCUT2D eigenvalue weighted by atomic mass is 32.1. The Morgan fingerprint density at radius 3 is 0.834 bits per heavy atom. The van der Waals surface area contributed by atoms with Gasteiger partial charge in [0.25, 0.3) is 0 Å². The fourth-order valence-electron chi connectivity index (χ4n) is 19.5. The molecule has 0 spiro atoms. The van der Waals surface area contributed by atoms with Gasteiger partial charge in [-0.15, -0.1) is 22.7 Å². The molecule has 18 rings (SSSR count). The van der Waals surface area contributed by atoms with Crippen LogP contribution in [-0.4, -0.2) is 49.4 Å². The number of aryl methyl sites for hydroxylation is 9. The van der Waals surface area contributed by atoms with E-state index in [1.165, 1.54) is 313 Å². The number of hydrogen-bond donors (Lipinski definition) is 0. The number of unbranched alkanes of at least 4 members (excludes halogenated alkanes) is 27. The van der Waals surface area contributed by atoms with Crippen LogP contribution in [-0.2, 0) is 19.3 Å². The maximum Gasteiger partial charge on any atom is 0.164 e. The van der Waals surface area contributed by atoms with Crippen LogP contribution < -0.4 is 0 Å². The van der Waals surface area contributed by atoms with Gasteiger partial charge in [-0.3, -0.25) is 0 Å².